The molecule has 20 heavy (non-hydrogen) atoms. The zero-order valence-corrected chi connectivity index (χ0v) is 11.6. The van der Waals surface area contributed by atoms with Crippen molar-refractivity contribution in [2.24, 2.45) is 0 Å². The van der Waals surface area contributed by atoms with Gasteiger partial charge in [0, 0.05) is 12.1 Å². The average molecular weight is 271 g/mol. The van der Waals surface area contributed by atoms with Gasteiger partial charge in [0.1, 0.15) is 19.0 Å². The zero-order chi connectivity index (χ0) is 14.1. The molecule has 0 aromatic heterocycles. The third-order valence-electron chi connectivity index (χ3n) is 3.30. The second-order valence-corrected chi connectivity index (χ2v) is 4.86. The van der Waals surface area contributed by atoms with Crippen molar-refractivity contribution in [3.8, 4) is 23.0 Å². The highest BCUT2D eigenvalue weighted by molar-refractivity contribution is 5.63. The van der Waals surface area contributed by atoms with Crippen molar-refractivity contribution in [2.45, 2.75) is 13.8 Å². The van der Waals surface area contributed by atoms with Gasteiger partial charge in [-0.2, -0.15) is 0 Å². The van der Waals surface area contributed by atoms with Crippen molar-refractivity contribution < 1.29 is 14.2 Å². The molecule has 0 spiro atoms. The first-order valence-electron chi connectivity index (χ1n) is 6.58. The number of fused-ring (bicyclic) bond motifs is 1. The maximum absolute atomic E-state index is 6.03. The lowest BCUT2D eigenvalue weighted by molar-refractivity contribution is 0.171. The fourth-order valence-electron chi connectivity index (χ4n) is 2.24. The molecule has 2 N–H and O–H groups in total. The molecule has 0 aliphatic carbocycles. The van der Waals surface area contributed by atoms with E-state index in [9.17, 15) is 0 Å². The van der Waals surface area contributed by atoms with E-state index in [0.717, 1.165) is 16.9 Å². The summed E-state index contributed by atoms with van der Waals surface area (Å²) in [5.74, 6) is 2.76. The van der Waals surface area contributed by atoms with E-state index in [2.05, 4.69) is 0 Å². The van der Waals surface area contributed by atoms with Crippen LogP contribution in [0.1, 0.15) is 11.1 Å². The number of para-hydroxylation sites is 1. The van der Waals surface area contributed by atoms with E-state index in [0.29, 0.717) is 36.1 Å². The van der Waals surface area contributed by atoms with Crippen LogP contribution >= 0.6 is 0 Å². The number of nitrogen functional groups attached to an aromatic ring is 1. The highest BCUT2D eigenvalue weighted by atomic mass is 16.6. The van der Waals surface area contributed by atoms with Crippen LogP contribution in [-0.2, 0) is 0 Å². The molecule has 4 nitrogen and oxygen atoms in total. The average Bonchev–Trinajstić information content (AvgIpc) is 2.43. The Hall–Kier alpha value is -2.36. The first kappa shape index (κ1) is 12.7. The Morgan fingerprint density at radius 1 is 1.00 bits per heavy atom. The predicted octanol–water partition coefficient (Wildman–Crippen LogP) is 3.45. The maximum atomic E-state index is 6.03. The molecule has 3 rings (SSSR count). The maximum Gasteiger partial charge on any atom is 0.165 e. The Labute approximate surface area is 118 Å². The highest BCUT2D eigenvalue weighted by Gasteiger charge is 2.16. The molecular formula is C16H17NO3. The van der Waals surface area contributed by atoms with Crippen molar-refractivity contribution in [3.05, 3.63) is 41.5 Å². The zero-order valence-electron chi connectivity index (χ0n) is 11.6. The van der Waals surface area contributed by atoms with E-state index in [-0.39, 0.29) is 0 Å². The molecule has 1 aliphatic heterocycles. The van der Waals surface area contributed by atoms with Crippen LogP contribution in [0.25, 0.3) is 0 Å². The molecule has 0 radical (unpaired) electrons. The molecule has 2 aromatic rings. The Morgan fingerprint density at radius 3 is 2.25 bits per heavy atom. The molecule has 0 amide bonds. The summed E-state index contributed by atoms with van der Waals surface area (Å²) in [5.41, 5.74) is 8.71. The molecule has 104 valence electrons. The van der Waals surface area contributed by atoms with Crippen molar-refractivity contribution >= 4 is 5.69 Å². The summed E-state index contributed by atoms with van der Waals surface area (Å²) in [6.45, 7) is 5.11. The van der Waals surface area contributed by atoms with Crippen LogP contribution in [0, 0.1) is 13.8 Å². The molecule has 0 saturated heterocycles. The molecule has 1 aliphatic rings. The van der Waals surface area contributed by atoms with Crippen LogP contribution in [0.3, 0.4) is 0 Å². The standard InChI is InChI=1S/C16H17NO3/c1-10-4-3-5-11(2)16(10)20-13-9-15-14(8-12(13)17)18-6-7-19-15/h3-5,8-9H,6-7,17H2,1-2H3. The minimum Gasteiger partial charge on any atom is -0.486 e. The van der Waals surface area contributed by atoms with Gasteiger partial charge in [-0.1, -0.05) is 18.2 Å². The fourth-order valence-corrected chi connectivity index (χ4v) is 2.24. The second kappa shape index (κ2) is 4.96. The summed E-state index contributed by atoms with van der Waals surface area (Å²) in [7, 11) is 0. The van der Waals surface area contributed by atoms with Crippen molar-refractivity contribution in [1.29, 1.82) is 0 Å². The number of rotatable bonds is 2. The van der Waals surface area contributed by atoms with E-state index in [1.807, 2.05) is 32.0 Å². The molecule has 4 heteroatoms. The molecule has 0 atom stereocenters. The molecule has 2 aromatic carbocycles. The van der Waals surface area contributed by atoms with Crippen LogP contribution < -0.4 is 19.9 Å². The number of hydrogen-bond donors (Lipinski definition) is 1. The number of anilines is 1. The van der Waals surface area contributed by atoms with Crippen LogP contribution in [0.2, 0.25) is 0 Å². The molecule has 0 saturated carbocycles. The van der Waals surface area contributed by atoms with Gasteiger partial charge in [-0.05, 0) is 25.0 Å². The van der Waals surface area contributed by atoms with Crippen molar-refractivity contribution in [3.63, 3.8) is 0 Å². The predicted molar refractivity (Wildman–Crippen MR) is 77.8 cm³/mol. The number of nitrogens with two attached hydrogens (primary N) is 1. The van der Waals surface area contributed by atoms with Gasteiger partial charge in [0.2, 0.25) is 0 Å². The Kier molecular flexibility index (Phi) is 3.14. The fraction of sp³-hybridized carbons (Fsp3) is 0.250. The molecular weight excluding hydrogens is 254 g/mol. The topological polar surface area (TPSA) is 53.7 Å². The summed E-state index contributed by atoms with van der Waals surface area (Å²) in [6, 6.07) is 9.56. The third kappa shape index (κ3) is 2.25. The molecule has 0 unspecified atom stereocenters. The first-order valence-corrected chi connectivity index (χ1v) is 6.58. The smallest absolute Gasteiger partial charge is 0.165 e. The van der Waals surface area contributed by atoms with Gasteiger partial charge in [0.25, 0.3) is 0 Å². The van der Waals surface area contributed by atoms with Gasteiger partial charge in [0.15, 0.2) is 17.2 Å². The minimum atomic E-state index is 0.539. The van der Waals surface area contributed by atoms with Crippen molar-refractivity contribution in [1.82, 2.24) is 0 Å². The second-order valence-electron chi connectivity index (χ2n) is 4.86. The van der Waals surface area contributed by atoms with Gasteiger partial charge in [-0.3, -0.25) is 0 Å². The molecule has 0 fully saturated rings. The van der Waals surface area contributed by atoms with Crippen LogP contribution in [0.15, 0.2) is 30.3 Å². The molecule has 0 bridgehead atoms. The van der Waals surface area contributed by atoms with Crippen LogP contribution in [-0.4, -0.2) is 13.2 Å². The summed E-state index contributed by atoms with van der Waals surface area (Å²) < 4.78 is 17.0. The molecule has 1 heterocycles. The highest BCUT2D eigenvalue weighted by Crippen LogP contribution is 2.41. The van der Waals surface area contributed by atoms with Gasteiger partial charge >= 0.3 is 0 Å². The summed E-state index contributed by atoms with van der Waals surface area (Å²) in [5, 5.41) is 0. The number of ether oxygens (including phenoxy) is 3. The lowest BCUT2D eigenvalue weighted by Gasteiger charge is -2.20. The Bertz CT molecular complexity index is 632. The largest absolute Gasteiger partial charge is 0.486 e. The SMILES string of the molecule is Cc1cccc(C)c1Oc1cc2c(cc1N)OCCO2. The third-order valence-corrected chi connectivity index (χ3v) is 3.30. The van der Waals surface area contributed by atoms with Crippen LogP contribution in [0.5, 0.6) is 23.0 Å². The lowest BCUT2D eigenvalue weighted by Crippen LogP contribution is -2.15. The van der Waals surface area contributed by atoms with Crippen LogP contribution in [0.4, 0.5) is 5.69 Å². The monoisotopic (exact) mass is 271 g/mol. The van der Waals surface area contributed by atoms with Gasteiger partial charge in [0.05, 0.1) is 5.69 Å². The van der Waals surface area contributed by atoms with E-state index >= 15 is 0 Å². The Balaban J connectivity index is 1.98. The number of benzene rings is 2. The van der Waals surface area contributed by atoms with E-state index in [1.165, 1.54) is 0 Å². The lowest BCUT2D eigenvalue weighted by atomic mass is 10.1. The van der Waals surface area contributed by atoms with Gasteiger partial charge in [-0.25, -0.2) is 0 Å². The van der Waals surface area contributed by atoms with Gasteiger partial charge in [-0.15, -0.1) is 0 Å². The number of hydrogen-bond acceptors (Lipinski definition) is 4. The summed E-state index contributed by atoms with van der Waals surface area (Å²) in [4.78, 5) is 0. The first-order chi connectivity index (χ1) is 9.65. The van der Waals surface area contributed by atoms with E-state index in [4.69, 9.17) is 19.9 Å². The van der Waals surface area contributed by atoms with Gasteiger partial charge < -0.3 is 19.9 Å². The summed E-state index contributed by atoms with van der Waals surface area (Å²) >= 11 is 0. The number of aryl methyl sites for hydroxylation is 2. The normalized spacial score (nSPS) is 13.1. The van der Waals surface area contributed by atoms with E-state index < -0.39 is 0 Å². The summed E-state index contributed by atoms with van der Waals surface area (Å²) in [6.07, 6.45) is 0. The minimum absolute atomic E-state index is 0.539. The Morgan fingerprint density at radius 2 is 1.60 bits per heavy atom. The van der Waals surface area contributed by atoms with E-state index in [1.54, 1.807) is 12.1 Å². The quantitative estimate of drug-likeness (QED) is 0.850. The van der Waals surface area contributed by atoms with Crippen molar-refractivity contribution in [2.75, 3.05) is 18.9 Å².